The number of anilines is 2. The standard InChI is InChI=1S/C24H25N5O2/c1-30-21-9-8-18(16-22(21)31-2)20-17-23-25-10-11-29(23)24(26-20)28-14-12-27(13-15-28)19-6-4-3-5-7-19/h3-11,16-17H,12-15H2,1-2H3. The first-order valence-corrected chi connectivity index (χ1v) is 10.4. The Labute approximate surface area is 181 Å². The maximum atomic E-state index is 5.48. The summed E-state index contributed by atoms with van der Waals surface area (Å²) in [5, 5.41) is 0. The average Bonchev–Trinajstić information content (AvgIpc) is 3.32. The molecule has 4 aromatic rings. The lowest BCUT2D eigenvalue weighted by Crippen LogP contribution is -2.47. The van der Waals surface area contributed by atoms with E-state index in [4.69, 9.17) is 14.5 Å². The number of benzene rings is 2. The molecule has 2 aromatic heterocycles. The number of methoxy groups -OCH3 is 2. The second-order valence-electron chi connectivity index (χ2n) is 7.48. The number of nitrogens with zero attached hydrogens (tertiary/aromatic N) is 5. The predicted octanol–water partition coefficient (Wildman–Crippen LogP) is 3.74. The van der Waals surface area contributed by atoms with Gasteiger partial charge in [-0.15, -0.1) is 0 Å². The molecule has 1 fully saturated rings. The summed E-state index contributed by atoms with van der Waals surface area (Å²) in [6, 6.07) is 18.4. The molecule has 0 saturated carbocycles. The lowest BCUT2D eigenvalue weighted by atomic mass is 10.1. The van der Waals surface area contributed by atoms with Crippen LogP contribution < -0.4 is 19.3 Å². The fourth-order valence-electron chi connectivity index (χ4n) is 4.08. The van der Waals surface area contributed by atoms with Crippen LogP contribution in [0.15, 0.2) is 67.0 Å². The van der Waals surface area contributed by atoms with E-state index in [-0.39, 0.29) is 0 Å². The summed E-state index contributed by atoms with van der Waals surface area (Å²) in [5.41, 5.74) is 3.97. The van der Waals surface area contributed by atoms with E-state index in [1.54, 1.807) is 14.2 Å². The van der Waals surface area contributed by atoms with Gasteiger partial charge in [-0.25, -0.2) is 9.97 Å². The fraction of sp³-hybridized carbons (Fsp3) is 0.250. The number of aromatic nitrogens is 3. The van der Waals surface area contributed by atoms with Crippen molar-refractivity contribution >= 4 is 17.3 Å². The molecule has 158 valence electrons. The van der Waals surface area contributed by atoms with E-state index in [2.05, 4.69) is 49.5 Å². The van der Waals surface area contributed by atoms with Crippen LogP contribution in [0.4, 0.5) is 11.6 Å². The van der Waals surface area contributed by atoms with Crippen molar-refractivity contribution in [3.05, 3.63) is 67.0 Å². The monoisotopic (exact) mass is 415 g/mol. The van der Waals surface area contributed by atoms with Crippen LogP contribution in [0.2, 0.25) is 0 Å². The van der Waals surface area contributed by atoms with Gasteiger partial charge in [0.05, 0.1) is 19.9 Å². The zero-order chi connectivity index (χ0) is 21.2. The maximum Gasteiger partial charge on any atom is 0.212 e. The highest BCUT2D eigenvalue weighted by molar-refractivity contribution is 5.69. The summed E-state index contributed by atoms with van der Waals surface area (Å²) in [5.74, 6) is 2.29. The van der Waals surface area contributed by atoms with Gasteiger partial charge in [-0.1, -0.05) is 18.2 Å². The van der Waals surface area contributed by atoms with Crippen LogP contribution in [0.1, 0.15) is 0 Å². The quantitative estimate of drug-likeness (QED) is 0.495. The van der Waals surface area contributed by atoms with E-state index in [0.29, 0.717) is 11.5 Å². The molecule has 1 aliphatic heterocycles. The number of rotatable bonds is 5. The molecule has 5 rings (SSSR count). The van der Waals surface area contributed by atoms with Crippen molar-refractivity contribution in [1.29, 1.82) is 0 Å². The van der Waals surface area contributed by atoms with Gasteiger partial charge in [-0.2, -0.15) is 0 Å². The van der Waals surface area contributed by atoms with Crippen molar-refractivity contribution in [1.82, 2.24) is 14.4 Å². The van der Waals surface area contributed by atoms with Gasteiger partial charge in [-0.05, 0) is 30.3 Å². The van der Waals surface area contributed by atoms with E-state index in [1.165, 1.54) is 5.69 Å². The smallest absolute Gasteiger partial charge is 0.212 e. The molecule has 3 heterocycles. The Morgan fingerprint density at radius 1 is 0.806 bits per heavy atom. The topological polar surface area (TPSA) is 55.1 Å². The third kappa shape index (κ3) is 3.63. The first-order valence-electron chi connectivity index (χ1n) is 10.4. The Balaban J connectivity index is 1.47. The second-order valence-corrected chi connectivity index (χ2v) is 7.48. The van der Waals surface area contributed by atoms with Crippen molar-refractivity contribution in [2.45, 2.75) is 0 Å². The Kier molecular flexibility index (Phi) is 5.08. The van der Waals surface area contributed by atoms with Gasteiger partial charge >= 0.3 is 0 Å². The summed E-state index contributed by atoms with van der Waals surface area (Å²) < 4.78 is 12.9. The largest absolute Gasteiger partial charge is 0.493 e. The van der Waals surface area contributed by atoms with Gasteiger partial charge in [-0.3, -0.25) is 4.40 Å². The van der Waals surface area contributed by atoms with Crippen LogP contribution in [-0.2, 0) is 0 Å². The van der Waals surface area contributed by atoms with Crippen molar-refractivity contribution in [2.24, 2.45) is 0 Å². The highest BCUT2D eigenvalue weighted by Gasteiger charge is 2.21. The van der Waals surface area contributed by atoms with Gasteiger partial charge in [0.2, 0.25) is 5.95 Å². The molecule has 7 nitrogen and oxygen atoms in total. The minimum atomic E-state index is 0.683. The summed E-state index contributed by atoms with van der Waals surface area (Å²) in [4.78, 5) is 14.3. The Hall–Kier alpha value is -3.74. The van der Waals surface area contributed by atoms with Crippen LogP contribution in [0.3, 0.4) is 0 Å². The van der Waals surface area contributed by atoms with Gasteiger partial charge in [0.1, 0.15) is 5.65 Å². The van der Waals surface area contributed by atoms with Crippen molar-refractivity contribution < 1.29 is 9.47 Å². The highest BCUT2D eigenvalue weighted by atomic mass is 16.5. The van der Waals surface area contributed by atoms with Crippen molar-refractivity contribution in [3.8, 4) is 22.8 Å². The maximum absolute atomic E-state index is 5.48. The molecule has 1 saturated heterocycles. The van der Waals surface area contributed by atoms with Crippen LogP contribution >= 0.6 is 0 Å². The molecule has 2 aromatic carbocycles. The second kappa shape index (κ2) is 8.18. The van der Waals surface area contributed by atoms with Crippen LogP contribution in [0.25, 0.3) is 16.9 Å². The number of hydrogen-bond donors (Lipinski definition) is 0. The molecule has 0 bridgehead atoms. The van der Waals surface area contributed by atoms with Crippen molar-refractivity contribution in [3.63, 3.8) is 0 Å². The van der Waals surface area contributed by atoms with E-state index >= 15 is 0 Å². The molecule has 1 aliphatic rings. The summed E-state index contributed by atoms with van der Waals surface area (Å²) in [6.45, 7) is 3.68. The summed E-state index contributed by atoms with van der Waals surface area (Å²) in [7, 11) is 3.28. The van der Waals surface area contributed by atoms with Gasteiger partial charge in [0.25, 0.3) is 0 Å². The SMILES string of the molecule is COc1ccc(-c2cc3nccn3c(N3CCN(c4ccccc4)CC3)n2)cc1OC. The minimum absolute atomic E-state index is 0.683. The highest BCUT2D eigenvalue weighted by Crippen LogP contribution is 2.33. The normalized spacial score (nSPS) is 14.1. The Morgan fingerprint density at radius 2 is 1.55 bits per heavy atom. The summed E-state index contributed by atoms with van der Waals surface area (Å²) >= 11 is 0. The zero-order valence-electron chi connectivity index (χ0n) is 17.7. The Bertz CT molecular complexity index is 1180. The average molecular weight is 415 g/mol. The lowest BCUT2D eigenvalue weighted by Gasteiger charge is -2.36. The van der Waals surface area contributed by atoms with Crippen LogP contribution in [0.5, 0.6) is 11.5 Å². The molecule has 0 N–H and O–H groups in total. The molecular weight excluding hydrogens is 390 g/mol. The zero-order valence-corrected chi connectivity index (χ0v) is 17.7. The van der Waals surface area contributed by atoms with Gasteiger partial charge in [0, 0.05) is 55.9 Å². The van der Waals surface area contributed by atoms with Crippen LogP contribution in [0, 0.1) is 0 Å². The molecule has 0 spiro atoms. The summed E-state index contributed by atoms with van der Waals surface area (Å²) in [6.07, 6.45) is 3.79. The van der Waals surface area contributed by atoms with Gasteiger partial charge in [0.15, 0.2) is 11.5 Å². The van der Waals surface area contributed by atoms with E-state index < -0.39 is 0 Å². The fourth-order valence-corrected chi connectivity index (χ4v) is 4.08. The number of ether oxygens (including phenoxy) is 2. The number of para-hydroxylation sites is 1. The first-order chi connectivity index (χ1) is 15.3. The third-order valence-corrected chi connectivity index (χ3v) is 5.73. The predicted molar refractivity (Wildman–Crippen MR) is 122 cm³/mol. The molecule has 0 radical (unpaired) electrons. The number of imidazole rings is 1. The molecule has 0 atom stereocenters. The number of piperazine rings is 1. The number of fused-ring (bicyclic) bond motifs is 1. The van der Waals surface area contributed by atoms with E-state index in [1.807, 2.05) is 36.7 Å². The van der Waals surface area contributed by atoms with Gasteiger partial charge < -0.3 is 19.3 Å². The molecule has 0 amide bonds. The lowest BCUT2D eigenvalue weighted by molar-refractivity contribution is 0.355. The Morgan fingerprint density at radius 3 is 2.29 bits per heavy atom. The van der Waals surface area contributed by atoms with Crippen LogP contribution in [-0.4, -0.2) is 54.8 Å². The number of hydrogen-bond acceptors (Lipinski definition) is 6. The molecular formula is C24H25N5O2. The van der Waals surface area contributed by atoms with E-state index in [0.717, 1.165) is 49.0 Å². The third-order valence-electron chi connectivity index (χ3n) is 5.73. The van der Waals surface area contributed by atoms with Crippen molar-refractivity contribution in [2.75, 3.05) is 50.2 Å². The molecule has 0 aliphatic carbocycles. The molecule has 0 unspecified atom stereocenters. The molecule has 7 heteroatoms. The minimum Gasteiger partial charge on any atom is -0.493 e. The first kappa shape index (κ1) is 19.2. The van der Waals surface area contributed by atoms with E-state index in [9.17, 15) is 0 Å². The molecule has 31 heavy (non-hydrogen) atoms.